The molecule has 0 aliphatic heterocycles. The van der Waals surface area contributed by atoms with E-state index in [9.17, 15) is 4.79 Å². The van der Waals surface area contributed by atoms with Crippen LogP contribution in [0, 0.1) is 0 Å². The summed E-state index contributed by atoms with van der Waals surface area (Å²) in [6, 6.07) is 12.4. The molecule has 1 amide bonds. The highest BCUT2D eigenvalue weighted by Crippen LogP contribution is 2.24. The largest absolute Gasteiger partial charge is 0.375 e. The van der Waals surface area contributed by atoms with Crippen LogP contribution in [0.5, 0.6) is 0 Å². The fourth-order valence-electron chi connectivity index (χ4n) is 1.90. The summed E-state index contributed by atoms with van der Waals surface area (Å²) in [5, 5.41) is 5.02. The summed E-state index contributed by atoms with van der Waals surface area (Å²) < 4.78 is 0.865. The van der Waals surface area contributed by atoms with E-state index in [1.54, 1.807) is 30.3 Å². The first-order valence-corrected chi connectivity index (χ1v) is 7.56. The van der Waals surface area contributed by atoms with Crippen molar-refractivity contribution in [1.29, 1.82) is 0 Å². The van der Waals surface area contributed by atoms with E-state index in [1.165, 1.54) is 17.6 Å². The highest BCUT2D eigenvalue weighted by Gasteiger charge is 2.07. The summed E-state index contributed by atoms with van der Waals surface area (Å²) in [6.45, 7) is 0. The number of hydrazone groups is 1. The van der Waals surface area contributed by atoms with Gasteiger partial charge in [-0.2, -0.15) is 5.10 Å². The van der Waals surface area contributed by atoms with Gasteiger partial charge in [-0.3, -0.25) is 4.79 Å². The van der Waals surface area contributed by atoms with Gasteiger partial charge in [0, 0.05) is 10.6 Å². The second-order valence-electron chi connectivity index (χ2n) is 4.49. The summed E-state index contributed by atoms with van der Waals surface area (Å²) in [6.07, 6.45) is 1.53. The van der Waals surface area contributed by atoms with Crippen LogP contribution < -0.4 is 11.2 Å². The van der Waals surface area contributed by atoms with E-state index >= 15 is 0 Å². The van der Waals surface area contributed by atoms with E-state index in [0.29, 0.717) is 15.7 Å². The van der Waals surface area contributed by atoms with Crippen molar-refractivity contribution in [1.82, 2.24) is 10.4 Å². The zero-order valence-corrected chi connectivity index (χ0v) is 12.9. The van der Waals surface area contributed by atoms with Gasteiger partial charge in [0.05, 0.1) is 16.4 Å². The topological polar surface area (TPSA) is 80.4 Å². The average Bonchev–Trinajstić information content (AvgIpc) is 2.86. The molecule has 1 aromatic heterocycles. The Morgan fingerprint density at radius 1 is 1.32 bits per heavy atom. The van der Waals surface area contributed by atoms with Crippen LogP contribution in [-0.2, 0) is 0 Å². The molecule has 2 aromatic carbocycles. The Morgan fingerprint density at radius 2 is 2.18 bits per heavy atom. The smallest absolute Gasteiger partial charge is 0.271 e. The lowest BCUT2D eigenvalue weighted by atomic mass is 10.2. The number of thiazole rings is 1. The van der Waals surface area contributed by atoms with Gasteiger partial charge in [-0.15, -0.1) is 0 Å². The summed E-state index contributed by atoms with van der Waals surface area (Å²) in [5.74, 6) is -0.299. The highest BCUT2D eigenvalue weighted by molar-refractivity contribution is 7.22. The van der Waals surface area contributed by atoms with E-state index in [2.05, 4.69) is 15.5 Å². The molecule has 0 saturated heterocycles. The zero-order chi connectivity index (χ0) is 15.5. The third-order valence-electron chi connectivity index (χ3n) is 2.90. The predicted molar refractivity (Wildman–Crippen MR) is 90.5 cm³/mol. The average molecular weight is 331 g/mol. The molecule has 0 atom stereocenters. The molecule has 0 saturated carbocycles. The number of rotatable bonds is 3. The number of aromatic nitrogens is 1. The molecule has 0 aliphatic carbocycles. The molecule has 3 rings (SSSR count). The van der Waals surface area contributed by atoms with Crippen molar-refractivity contribution < 1.29 is 4.79 Å². The van der Waals surface area contributed by atoms with Gasteiger partial charge in [-0.05, 0) is 35.9 Å². The van der Waals surface area contributed by atoms with Crippen molar-refractivity contribution in [3.63, 3.8) is 0 Å². The number of nitrogens with zero attached hydrogens (tertiary/aromatic N) is 2. The number of halogens is 1. The summed E-state index contributed by atoms with van der Waals surface area (Å²) in [5.41, 5.74) is 10.2. The maximum Gasteiger partial charge on any atom is 0.271 e. The van der Waals surface area contributed by atoms with Crippen LogP contribution in [0.1, 0.15) is 15.9 Å². The number of anilines is 1. The molecule has 0 spiro atoms. The van der Waals surface area contributed by atoms with Gasteiger partial charge in [0.2, 0.25) is 0 Å². The number of hydrogen-bond acceptors (Lipinski definition) is 5. The lowest BCUT2D eigenvalue weighted by molar-refractivity contribution is 0.0955. The van der Waals surface area contributed by atoms with Crippen LogP contribution in [0.4, 0.5) is 5.13 Å². The number of carbonyl (C=O) groups is 1. The van der Waals surface area contributed by atoms with Crippen LogP contribution in [0.3, 0.4) is 0 Å². The number of nitrogens with one attached hydrogen (secondary N) is 1. The van der Waals surface area contributed by atoms with E-state index in [4.69, 9.17) is 17.3 Å². The molecule has 3 N–H and O–H groups in total. The Bertz CT molecular complexity index is 875. The number of amides is 1. The molecule has 0 bridgehead atoms. The van der Waals surface area contributed by atoms with Crippen LogP contribution in [0.15, 0.2) is 47.6 Å². The minimum atomic E-state index is -0.299. The Kier molecular flexibility index (Phi) is 4.04. The first-order valence-electron chi connectivity index (χ1n) is 6.37. The van der Waals surface area contributed by atoms with Gasteiger partial charge in [0.25, 0.3) is 5.91 Å². The molecule has 5 nitrogen and oxygen atoms in total. The van der Waals surface area contributed by atoms with Gasteiger partial charge in [0.1, 0.15) is 0 Å². The minimum Gasteiger partial charge on any atom is -0.375 e. The van der Waals surface area contributed by atoms with Gasteiger partial charge in [-0.25, -0.2) is 10.4 Å². The third kappa shape index (κ3) is 3.24. The van der Waals surface area contributed by atoms with Crippen LogP contribution in [-0.4, -0.2) is 17.1 Å². The summed E-state index contributed by atoms with van der Waals surface area (Å²) >= 11 is 7.22. The van der Waals surface area contributed by atoms with Crippen LogP contribution in [0.25, 0.3) is 10.2 Å². The first-order chi connectivity index (χ1) is 10.6. The van der Waals surface area contributed by atoms with Crippen molar-refractivity contribution in [2.45, 2.75) is 0 Å². The maximum atomic E-state index is 12.1. The van der Waals surface area contributed by atoms with E-state index in [-0.39, 0.29) is 5.91 Å². The first kappa shape index (κ1) is 14.5. The maximum absolute atomic E-state index is 12.1. The van der Waals surface area contributed by atoms with E-state index in [0.717, 1.165) is 15.8 Å². The van der Waals surface area contributed by atoms with Gasteiger partial charge < -0.3 is 5.73 Å². The molecule has 7 heteroatoms. The number of carbonyl (C=O) groups excluding carboxylic acids is 1. The second-order valence-corrected chi connectivity index (χ2v) is 5.99. The van der Waals surface area contributed by atoms with Gasteiger partial charge in [-0.1, -0.05) is 35.1 Å². The van der Waals surface area contributed by atoms with Crippen LogP contribution in [0.2, 0.25) is 5.02 Å². The van der Waals surface area contributed by atoms with E-state index in [1.807, 2.05) is 12.1 Å². The normalized spacial score (nSPS) is 11.1. The number of benzene rings is 2. The Morgan fingerprint density at radius 3 is 3.00 bits per heavy atom. The van der Waals surface area contributed by atoms with Crippen molar-refractivity contribution in [3.8, 4) is 0 Å². The van der Waals surface area contributed by atoms with Crippen molar-refractivity contribution in [2.24, 2.45) is 5.10 Å². The SMILES string of the molecule is Nc1nc2ccc(C(=O)N/N=C\c3cccc(Cl)c3)cc2s1. The lowest BCUT2D eigenvalue weighted by Gasteiger charge is -2.00. The molecular formula is C15H11ClN4OS. The second kappa shape index (κ2) is 6.13. The fraction of sp³-hybridized carbons (Fsp3) is 0. The predicted octanol–water partition coefficient (Wildman–Crippen LogP) is 3.30. The summed E-state index contributed by atoms with van der Waals surface area (Å²) in [7, 11) is 0. The van der Waals surface area contributed by atoms with E-state index < -0.39 is 0 Å². The molecule has 22 heavy (non-hydrogen) atoms. The molecule has 0 radical (unpaired) electrons. The number of nitrogen functional groups attached to an aromatic ring is 1. The number of nitrogens with two attached hydrogens (primary N) is 1. The molecule has 110 valence electrons. The number of hydrogen-bond donors (Lipinski definition) is 2. The fourth-order valence-corrected chi connectivity index (χ4v) is 2.87. The standard InChI is InChI=1S/C15H11ClN4OS/c16-11-3-1-2-9(6-11)8-18-20-14(21)10-4-5-12-13(7-10)22-15(17)19-12/h1-8H,(H2,17,19)(H,20,21)/b18-8-. The minimum absolute atomic E-state index is 0.299. The zero-order valence-electron chi connectivity index (χ0n) is 11.3. The third-order valence-corrected chi connectivity index (χ3v) is 3.98. The van der Waals surface area contributed by atoms with Crippen molar-refractivity contribution in [3.05, 3.63) is 58.6 Å². The van der Waals surface area contributed by atoms with Gasteiger partial charge in [0.15, 0.2) is 5.13 Å². The lowest BCUT2D eigenvalue weighted by Crippen LogP contribution is -2.17. The molecule has 0 unspecified atom stereocenters. The quantitative estimate of drug-likeness (QED) is 0.571. The van der Waals surface area contributed by atoms with Crippen molar-refractivity contribution in [2.75, 3.05) is 5.73 Å². The Labute approximate surface area is 135 Å². The van der Waals surface area contributed by atoms with Crippen molar-refractivity contribution >= 4 is 50.4 Å². The van der Waals surface area contributed by atoms with Gasteiger partial charge >= 0.3 is 0 Å². The molecule has 3 aromatic rings. The molecule has 0 aliphatic rings. The molecule has 0 fully saturated rings. The Balaban J connectivity index is 1.72. The molecule has 1 heterocycles. The number of fused-ring (bicyclic) bond motifs is 1. The van der Waals surface area contributed by atoms with Crippen LogP contribution >= 0.6 is 22.9 Å². The monoisotopic (exact) mass is 330 g/mol. The Hall–Kier alpha value is -2.44. The molecular weight excluding hydrogens is 320 g/mol. The summed E-state index contributed by atoms with van der Waals surface area (Å²) in [4.78, 5) is 16.2. The highest BCUT2D eigenvalue weighted by atomic mass is 35.5.